The van der Waals surface area contributed by atoms with Gasteiger partial charge in [0.05, 0.1) is 12.2 Å². The minimum absolute atomic E-state index is 0.0519. The quantitative estimate of drug-likeness (QED) is 0.783. The zero-order valence-corrected chi connectivity index (χ0v) is 13.5. The maximum absolute atomic E-state index is 12.0. The molecule has 1 N–H and O–H groups in total. The highest BCUT2D eigenvalue weighted by Crippen LogP contribution is 2.19. The number of aromatic nitrogens is 2. The van der Waals surface area contributed by atoms with Crippen LogP contribution >= 0.6 is 0 Å². The van der Waals surface area contributed by atoms with E-state index in [9.17, 15) is 4.79 Å². The molecular formula is C17H19N3O3. The second kappa shape index (κ2) is 6.24. The number of rotatable bonds is 5. The third-order valence-corrected chi connectivity index (χ3v) is 3.89. The Labute approximate surface area is 133 Å². The molecule has 0 atom stereocenters. The molecule has 0 radical (unpaired) electrons. The fraction of sp³-hybridized carbons (Fsp3) is 0.353. The summed E-state index contributed by atoms with van der Waals surface area (Å²) in [4.78, 5) is 16.4. The van der Waals surface area contributed by atoms with Crippen LogP contribution in [-0.2, 0) is 17.8 Å². The highest BCUT2D eigenvalue weighted by molar-refractivity contribution is 5.77. The number of hydrogen-bond acceptors (Lipinski definition) is 5. The second-order valence-corrected chi connectivity index (χ2v) is 5.61. The third-order valence-electron chi connectivity index (χ3n) is 3.89. The molecular weight excluding hydrogens is 294 g/mol. The van der Waals surface area contributed by atoms with Crippen molar-refractivity contribution in [3.63, 3.8) is 0 Å². The Bertz CT molecular complexity index is 829. The fourth-order valence-electron chi connectivity index (χ4n) is 2.57. The highest BCUT2D eigenvalue weighted by atomic mass is 16.5. The zero-order valence-electron chi connectivity index (χ0n) is 13.5. The number of nitrogens with zero attached hydrogens (tertiary/aromatic N) is 2. The lowest BCUT2D eigenvalue weighted by molar-refractivity contribution is -0.121. The van der Waals surface area contributed by atoms with Gasteiger partial charge < -0.3 is 14.3 Å². The van der Waals surface area contributed by atoms with E-state index >= 15 is 0 Å². The average Bonchev–Trinajstić information content (AvgIpc) is 3.08. The lowest BCUT2D eigenvalue weighted by Gasteiger charge is -2.02. The van der Waals surface area contributed by atoms with Crippen molar-refractivity contribution < 1.29 is 13.7 Å². The Kier molecular flexibility index (Phi) is 4.14. The normalized spacial score (nSPS) is 11.1. The van der Waals surface area contributed by atoms with Gasteiger partial charge in [-0.2, -0.15) is 0 Å². The summed E-state index contributed by atoms with van der Waals surface area (Å²) < 4.78 is 10.7. The van der Waals surface area contributed by atoms with E-state index in [1.807, 2.05) is 39.0 Å². The van der Waals surface area contributed by atoms with Gasteiger partial charge in [0.1, 0.15) is 11.3 Å². The van der Waals surface area contributed by atoms with Crippen molar-refractivity contribution in [3.8, 4) is 0 Å². The summed E-state index contributed by atoms with van der Waals surface area (Å²) in [5.41, 5.74) is 4.47. The smallest absolute Gasteiger partial charge is 0.220 e. The molecule has 0 bridgehead atoms. The van der Waals surface area contributed by atoms with Crippen LogP contribution in [0.5, 0.6) is 0 Å². The number of hydrogen-bond donors (Lipinski definition) is 1. The summed E-state index contributed by atoms with van der Waals surface area (Å²) in [5, 5.41) is 6.72. The SMILES string of the molecule is Cc1noc(C)c1CCC(=O)NCc1nc2c(C)cccc2o1. The van der Waals surface area contributed by atoms with Crippen molar-refractivity contribution in [1.82, 2.24) is 15.5 Å². The molecule has 3 aromatic rings. The van der Waals surface area contributed by atoms with Crippen LogP contribution in [0.15, 0.2) is 27.1 Å². The number of aryl methyl sites for hydroxylation is 3. The first-order chi connectivity index (χ1) is 11.0. The fourth-order valence-corrected chi connectivity index (χ4v) is 2.57. The summed E-state index contributed by atoms with van der Waals surface area (Å²) in [6, 6.07) is 5.78. The molecule has 0 aliphatic carbocycles. The van der Waals surface area contributed by atoms with Crippen LogP contribution in [0.4, 0.5) is 0 Å². The van der Waals surface area contributed by atoms with Gasteiger partial charge in [-0.15, -0.1) is 0 Å². The Balaban J connectivity index is 1.57. The second-order valence-electron chi connectivity index (χ2n) is 5.61. The number of benzene rings is 1. The first kappa shape index (κ1) is 15.3. The highest BCUT2D eigenvalue weighted by Gasteiger charge is 2.12. The molecule has 3 rings (SSSR count). The summed E-state index contributed by atoms with van der Waals surface area (Å²) in [6.45, 7) is 6.00. The maximum Gasteiger partial charge on any atom is 0.220 e. The van der Waals surface area contributed by atoms with Gasteiger partial charge in [-0.1, -0.05) is 17.3 Å². The summed E-state index contributed by atoms with van der Waals surface area (Å²) in [6.07, 6.45) is 0.988. The predicted octanol–water partition coefficient (Wildman–Crippen LogP) is 2.99. The van der Waals surface area contributed by atoms with Crippen molar-refractivity contribution in [2.24, 2.45) is 0 Å². The standard InChI is InChI=1S/C17H19N3O3/c1-10-5-4-6-14-17(10)19-16(22-14)9-18-15(21)8-7-13-11(2)20-23-12(13)3/h4-6H,7-9H2,1-3H3,(H,18,21). The molecule has 2 aromatic heterocycles. The van der Waals surface area contributed by atoms with Crippen LogP contribution in [0.2, 0.25) is 0 Å². The molecule has 0 aliphatic rings. The minimum atomic E-state index is -0.0519. The average molecular weight is 313 g/mol. The van der Waals surface area contributed by atoms with Gasteiger partial charge in [0.2, 0.25) is 11.8 Å². The third kappa shape index (κ3) is 3.26. The van der Waals surface area contributed by atoms with Crippen molar-refractivity contribution in [2.45, 2.75) is 40.2 Å². The van der Waals surface area contributed by atoms with E-state index in [4.69, 9.17) is 8.94 Å². The van der Waals surface area contributed by atoms with E-state index in [-0.39, 0.29) is 12.5 Å². The van der Waals surface area contributed by atoms with E-state index in [0.29, 0.717) is 18.7 Å². The monoisotopic (exact) mass is 313 g/mol. The Hall–Kier alpha value is -2.63. The molecule has 0 aliphatic heterocycles. The van der Waals surface area contributed by atoms with Gasteiger partial charge in [0.15, 0.2) is 5.58 Å². The lowest BCUT2D eigenvalue weighted by Crippen LogP contribution is -2.23. The topological polar surface area (TPSA) is 81.2 Å². The first-order valence-corrected chi connectivity index (χ1v) is 7.58. The predicted molar refractivity (Wildman–Crippen MR) is 84.9 cm³/mol. The van der Waals surface area contributed by atoms with Crippen molar-refractivity contribution in [2.75, 3.05) is 0 Å². The van der Waals surface area contributed by atoms with E-state index in [1.54, 1.807) is 0 Å². The molecule has 0 saturated heterocycles. The largest absolute Gasteiger partial charge is 0.439 e. The molecule has 2 heterocycles. The maximum atomic E-state index is 12.0. The number of carbonyl (C=O) groups is 1. The number of carbonyl (C=O) groups excluding carboxylic acids is 1. The van der Waals surface area contributed by atoms with E-state index in [1.165, 1.54) is 0 Å². The number of fused-ring (bicyclic) bond motifs is 1. The summed E-state index contributed by atoms with van der Waals surface area (Å²) in [5.74, 6) is 1.23. The van der Waals surface area contributed by atoms with Crippen LogP contribution in [0.25, 0.3) is 11.1 Å². The Morgan fingerprint density at radius 1 is 1.26 bits per heavy atom. The van der Waals surface area contributed by atoms with Gasteiger partial charge >= 0.3 is 0 Å². The summed E-state index contributed by atoms with van der Waals surface area (Å²) in [7, 11) is 0. The molecule has 6 heteroatoms. The van der Waals surface area contributed by atoms with Gasteiger partial charge in [-0.25, -0.2) is 4.98 Å². The van der Waals surface area contributed by atoms with Gasteiger partial charge in [0, 0.05) is 12.0 Å². The Morgan fingerprint density at radius 3 is 2.78 bits per heavy atom. The molecule has 6 nitrogen and oxygen atoms in total. The minimum Gasteiger partial charge on any atom is -0.439 e. The van der Waals surface area contributed by atoms with Crippen LogP contribution < -0.4 is 5.32 Å². The molecule has 120 valence electrons. The summed E-state index contributed by atoms with van der Waals surface area (Å²) >= 11 is 0. The molecule has 0 fully saturated rings. The Morgan fingerprint density at radius 2 is 2.09 bits per heavy atom. The van der Waals surface area contributed by atoms with E-state index < -0.39 is 0 Å². The van der Waals surface area contributed by atoms with Gasteiger partial charge in [-0.3, -0.25) is 4.79 Å². The van der Waals surface area contributed by atoms with Crippen LogP contribution in [0.1, 0.15) is 34.9 Å². The number of amides is 1. The first-order valence-electron chi connectivity index (χ1n) is 7.58. The van der Waals surface area contributed by atoms with Crippen molar-refractivity contribution in [1.29, 1.82) is 0 Å². The van der Waals surface area contributed by atoms with Gasteiger partial charge in [0.25, 0.3) is 0 Å². The molecule has 23 heavy (non-hydrogen) atoms. The molecule has 0 unspecified atom stereocenters. The molecule has 1 amide bonds. The molecule has 0 spiro atoms. The van der Waals surface area contributed by atoms with Crippen LogP contribution in [0.3, 0.4) is 0 Å². The molecule has 0 saturated carbocycles. The van der Waals surface area contributed by atoms with Crippen molar-refractivity contribution >= 4 is 17.0 Å². The number of oxazole rings is 1. The van der Waals surface area contributed by atoms with E-state index in [0.717, 1.165) is 33.7 Å². The molecule has 1 aromatic carbocycles. The van der Waals surface area contributed by atoms with Gasteiger partial charge in [-0.05, 0) is 38.8 Å². The zero-order chi connectivity index (χ0) is 16.4. The van der Waals surface area contributed by atoms with E-state index in [2.05, 4.69) is 15.5 Å². The van der Waals surface area contributed by atoms with Crippen LogP contribution in [0, 0.1) is 20.8 Å². The number of nitrogens with one attached hydrogen (secondary N) is 1. The van der Waals surface area contributed by atoms with Crippen molar-refractivity contribution in [3.05, 3.63) is 46.7 Å². The lowest BCUT2D eigenvalue weighted by atomic mass is 10.1. The van der Waals surface area contributed by atoms with Crippen LogP contribution in [-0.4, -0.2) is 16.0 Å². The number of para-hydroxylation sites is 1.